The van der Waals surface area contributed by atoms with Crippen LogP contribution in [0.5, 0.6) is 0 Å². The average Bonchev–Trinajstić information content (AvgIpc) is 2.00. The minimum Gasteiger partial charge on any atom is -0.328 e. The Balaban J connectivity index is 3.94. The molecule has 0 fully saturated rings. The molecule has 3 nitrogen and oxygen atoms in total. The molecule has 2 N–H and O–H groups in total. The second kappa shape index (κ2) is 4.82. The summed E-state index contributed by atoms with van der Waals surface area (Å²) in [6, 6.07) is 0.0264. The lowest BCUT2D eigenvalue weighted by Gasteiger charge is -2.10. The van der Waals surface area contributed by atoms with Gasteiger partial charge < -0.3 is 5.73 Å². The Morgan fingerprint density at radius 3 is 2.17 bits per heavy atom. The summed E-state index contributed by atoms with van der Waals surface area (Å²) in [5.74, 6) is 0.222. The third-order valence-electron chi connectivity index (χ3n) is 2.02. The highest BCUT2D eigenvalue weighted by Gasteiger charge is 2.16. The molecule has 12 heavy (non-hydrogen) atoms. The smallest absolute Gasteiger partial charge is 0.152 e. The Labute approximate surface area is 75.3 Å². The molecule has 0 rings (SSSR count). The maximum Gasteiger partial charge on any atom is 0.152 e. The highest BCUT2D eigenvalue weighted by atomic mass is 32.2. The molecule has 0 spiro atoms. The molecule has 0 aromatic rings. The second-order valence-corrected chi connectivity index (χ2v) is 6.05. The summed E-state index contributed by atoms with van der Waals surface area (Å²) in [5.41, 5.74) is 5.62. The van der Waals surface area contributed by atoms with Crippen LogP contribution in [0.15, 0.2) is 0 Å². The zero-order valence-corrected chi connectivity index (χ0v) is 8.89. The molecular formula is C8H19NO2S. The van der Waals surface area contributed by atoms with Crippen LogP contribution in [0.4, 0.5) is 0 Å². The van der Waals surface area contributed by atoms with E-state index < -0.39 is 9.84 Å². The highest BCUT2D eigenvalue weighted by molar-refractivity contribution is 7.91. The largest absolute Gasteiger partial charge is 0.328 e. The molecule has 4 heteroatoms. The topological polar surface area (TPSA) is 60.2 Å². The van der Waals surface area contributed by atoms with Crippen LogP contribution >= 0.6 is 0 Å². The quantitative estimate of drug-likeness (QED) is 0.707. The normalized spacial score (nSPS) is 15.1. The Bertz CT molecular complexity index is 209. The van der Waals surface area contributed by atoms with Crippen molar-refractivity contribution in [3.8, 4) is 0 Å². The Morgan fingerprint density at radius 2 is 1.83 bits per heavy atom. The number of hydrogen-bond acceptors (Lipinski definition) is 3. The van der Waals surface area contributed by atoms with Crippen LogP contribution in [0.25, 0.3) is 0 Å². The minimum absolute atomic E-state index is 0.0264. The van der Waals surface area contributed by atoms with Crippen LogP contribution in [-0.2, 0) is 9.84 Å². The average molecular weight is 193 g/mol. The van der Waals surface area contributed by atoms with Crippen molar-refractivity contribution in [2.45, 2.75) is 44.9 Å². The third-order valence-corrected chi connectivity index (χ3v) is 4.26. The zero-order valence-electron chi connectivity index (χ0n) is 8.08. The van der Waals surface area contributed by atoms with Crippen LogP contribution in [0.2, 0.25) is 0 Å². The van der Waals surface area contributed by atoms with Crippen molar-refractivity contribution in [1.82, 2.24) is 0 Å². The van der Waals surface area contributed by atoms with Crippen LogP contribution in [-0.4, -0.2) is 25.5 Å². The minimum atomic E-state index is -2.88. The van der Waals surface area contributed by atoms with Gasteiger partial charge in [0.15, 0.2) is 9.84 Å². The molecule has 0 aliphatic rings. The Morgan fingerprint density at radius 1 is 1.33 bits per heavy atom. The van der Waals surface area contributed by atoms with Crippen LogP contribution < -0.4 is 5.73 Å². The van der Waals surface area contributed by atoms with Crippen LogP contribution in [0.3, 0.4) is 0 Å². The van der Waals surface area contributed by atoms with E-state index in [0.717, 1.165) is 6.42 Å². The van der Waals surface area contributed by atoms with Gasteiger partial charge in [-0.05, 0) is 26.7 Å². The van der Waals surface area contributed by atoms with Crippen molar-refractivity contribution < 1.29 is 8.42 Å². The Hall–Kier alpha value is -0.0900. The molecule has 0 radical (unpaired) electrons. The fraction of sp³-hybridized carbons (Fsp3) is 1.00. The molecule has 0 amide bonds. The third kappa shape index (κ3) is 4.07. The molecule has 1 unspecified atom stereocenters. The molecule has 0 aromatic heterocycles. The molecule has 1 atom stereocenters. The molecule has 0 saturated heterocycles. The van der Waals surface area contributed by atoms with Gasteiger partial charge in [-0.25, -0.2) is 8.42 Å². The fourth-order valence-electron chi connectivity index (χ4n) is 0.755. The van der Waals surface area contributed by atoms with Gasteiger partial charge in [0.25, 0.3) is 0 Å². The first kappa shape index (κ1) is 11.9. The number of sulfone groups is 1. The first-order valence-electron chi connectivity index (χ1n) is 4.37. The van der Waals surface area contributed by atoms with E-state index in [0.29, 0.717) is 6.42 Å². The van der Waals surface area contributed by atoms with Gasteiger partial charge in [-0.1, -0.05) is 6.92 Å². The second-order valence-electron chi connectivity index (χ2n) is 3.37. The van der Waals surface area contributed by atoms with E-state index in [4.69, 9.17) is 5.73 Å². The lowest BCUT2D eigenvalue weighted by molar-refractivity contribution is 0.570. The molecular weight excluding hydrogens is 174 g/mol. The summed E-state index contributed by atoms with van der Waals surface area (Å²) in [4.78, 5) is 0. The molecule has 0 heterocycles. The summed E-state index contributed by atoms with van der Waals surface area (Å²) in [6.45, 7) is 5.37. The predicted octanol–water partition coefficient (Wildman–Crippen LogP) is 0.937. The van der Waals surface area contributed by atoms with Gasteiger partial charge in [0.05, 0.1) is 11.0 Å². The standard InChI is InChI=1S/C8H19NO2S/c1-4-8(9)5-6-12(10,11)7(2)3/h7-8H,4-6,9H2,1-3H3. The van der Waals surface area contributed by atoms with Gasteiger partial charge in [0.2, 0.25) is 0 Å². The maximum absolute atomic E-state index is 11.3. The molecule has 0 aromatic carbocycles. The molecule has 0 saturated carbocycles. The summed E-state index contributed by atoms with van der Waals surface area (Å²) in [5, 5.41) is -0.276. The van der Waals surface area contributed by atoms with Crippen molar-refractivity contribution in [3.05, 3.63) is 0 Å². The highest BCUT2D eigenvalue weighted by Crippen LogP contribution is 2.04. The molecule has 0 bridgehead atoms. The van der Waals surface area contributed by atoms with E-state index in [2.05, 4.69) is 0 Å². The van der Waals surface area contributed by atoms with Crippen molar-refractivity contribution in [2.75, 3.05) is 5.75 Å². The molecule has 0 aliphatic heterocycles. The predicted molar refractivity (Wildman–Crippen MR) is 51.8 cm³/mol. The number of nitrogens with two attached hydrogens (primary N) is 1. The lowest BCUT2D eigenvalue weighted by atomic mass is 10.2. The van der Waals surface area contributed by atoms with Gasteiger partial charge in [-0.15, -0.1) is 0 Å². The van der Waals surface area contributed by atoms with E-state index in [-0.39, 0.29) is 17.0 Å². The monoisotopic (exact) mass is 193 g/mol. The van der Waals surface area contributed by atoms with Crippen molar-refractivity contribution in [2.24, 2.45) is 5.73 Å². The van der Waals surface area contributed by atoms with Crippen molar-refractivity contribution >= 4 is 9.84 Å². The summed E-state index contributed by atoms with van der Waals surface area (Å²) >= 11 is 0. The van der Waals surface area contributed by atoms with Crippen molar-refractivity contribution in [1.29, 1.82) is 0 Å². The van der Waals surface area contributed by atoms with E-state index in [1.807, 2.05) is 6.92 Å². The Kier molecular flexibility index (Phi) is 4.78. The summed E-state index contributed by atoms with van der Waals surface area (Å²) < 4.78 is 22.6. The van der Waals surface area contributed by atoms with Gasteiger partial charge in [0, 0.05) is 6.04 Å². The number of rotatable bonds is 5. The van der Waals surface area contributed by atoms with Gasteiger partial charge >= 0.3 is 0 Å². The first-order chi connectivity index (χ1) is 5.40. The molecule has 74 valence electrons. The maximum atomic E-state index is 11.3. The lowest BCUT2D eigenvalue weighted by Crippen LogP contribution is -2.25. The van der Waals surface area contributed by atoms with E-state index in [1.54, 1.807) is 13.8 Å². The first-order valence-corrected chi connectivity index (χ1v) is 6.08. The fourth-order valence-corrected chi connectivity index (χ4v) is 1.86. The van der Waals surface area contributed by atoms with Crippen molar-refractivity contribution in [3.63, 3.8) is 0 Å². The zero-order chi connectivity index (χ0) is 9.78. The molecule has 0 aliphatic carbocycles. The van der Waals surface area contributed by atoms with E-state index >= 15 is 0 Å². The van der Waals surface area contributed by atoms with Crippen LogP contribution in [0.1, 0.15) is 33.6 Å². The van der Waals surface area contributed by atoms with Gasteiger partial charge in [-0.2, -0.15) is 0 Å². The van der Waals surface area contributed by atoms with Crippen LogP contribution in [0, 0.1) is 0 Å². The van der Waals surface area contributed by atoms with E-state index in [1.165, 1.54) is 0 Å². The summed E-state index contributed by atoms with van der Waals surface area (Å²) in [6.07, 6.45) is 1.42. The number of hydrogen-bond donors (Lipinski definition) is 1. The summed E-state index contributed by atoms with van der Waals surface area (Å²) in [7, 11) is -2.88. The van der Waals surface area contributed by atoms with Gasteiger partial charge in [0.1, 0.15) is 0 Å². The van der Waals surface area contributed by atoms with E-state index in [9.17, 15) is 8.42 Å². The van der Waals surface area contributed by atoms with Gasteiger partial charge in [-0.3, -0.25) is 0 Å². The SMILES string of the molecule is CCC(N)CCS(=O)(=O)C(C)C.